The van der Waals surface area contributed by atoms with E-state index >= 15 is 0 Å². The molecule has 0 aliphatic carbocycles. The molecule has 0 radical (unpaired) electrons. The average Bonchev–Trinajstić information content (AvgIpc) is 2.92. The zero-order chi connectivity index (χ0) is 26.6. The van der Waals surface area contributed by atoms with Crippen molar-refractivity contribution >= 4 is 23.3 Å². The molecule has 0 heterocycles. The van der Waals surface area contributed by atoms with Gasteiger partial charge in [0.2, 0.25) is 5.91 Å². The van der Waals surface area contributed by atoms with Crippen molar-refractivity contribution in [3.8, 4) is 0 Å². The summed E-state index contributed by atoms with van der Waals surface area (Å²) in [5, 5.41) is 13.7. The number of hydrogen-bond acceptors (Lipinski definition) is 4. The zero-order valence-corrected chi connectivity index (χ0v) is 21.4. The fourth-order valence-electron chi connectivity index (χ4n) is 3.98. The first-order chi connectivity index (χ1) is 17.9. The van der Waals surface area contributed by atoms with Gasteiger partial charge in [0, 0.05) is 49.9 Å². The zero-order valence-electron chi connectivity index (χ0n) is 21.4. The molecule has 0 spiro atoms. The minimum atomic E-state index is -0.484. The maximum Gasteiger partial charge on any atom is 0.322 e. The van der Waals surface area contributed by atoms with Crippen LogP contribution in [0.1, 0.15) is 37.8 Å². The lowest BCUT2D eigenvalue weighted by molar-refractivity contribution is -0.384. The minimum absolute atomic E-state index is 0.0174. The number of rotatable bonds is 12. The van der Waals surface area contributed by atoms with Gasteiger partial charge in [0.15, 0.2) is 0 Å². The standard InChI is InChI=1S/C29H34N4O4/c1-3-23(2)32(29(35)30-26-14-16-27(17-15-26)33(36)37)21-19-28(34)31(22-25-12-8-5-9-13-25)20-18-24-10-6-4-7-11-24/h4-17,23H,3,18-22H2,1-2H3,(H,30,35). The highest BCUT2D eigenvalue weighted by molar-refractivity contribution is 5.90. The van der Waals surface area contributed by atoms with Crippen molar-refractivity contribution in [3.05, 3.63) is 106 Å². The van der Waals surface area contributed by atoms with Crippen molar-refractivity contribution in [1.82, 2.24) is 9.80 Å². The molecule has 3 aromatic rings. The number of carbonyl (C=O) groups excluding carboxylic acids is 2. The van der Waals surface area contributed by atoms with Gasteiger partial charge in [0.25, 0.3) is 5.69 Å². The molecule has 0 saturated heterocycles. The number of nitro groups is 1. The summed E-state index contributed by atoms with van der Waals surface area (Å²) in [5.74, 6) is -0.0174. The first-order valence-corrected chi connectivity index (χ1v) is 12.5. The van der Waals surface area contributed by atoms with E-state index in [2.05, 4.69) is 17.4 Å². The van der Waals surface area contributed by atoms with Crippen molar-refractivity contribution < 1.29 is 14.5 Å². The van der Waals surface area contributed by atoms with Gasteiger partial charge >= 0.3 is 6.03 Å². The molecule has 3 aromatic carbocycles. The summed E-state index contributed by atoms with van der Waals surface area (Å²) in [6.07, 6.45) is 1.67. The summed E-state index contributed by atoms with van der Waals surface area (Å²) in [6, 6.07) is 25.2. The largest absolute Gasteiger partial charge is 0.338 e. The SMILES string of the molecule is CCC(C)N(CCC(=O)N(CCc1ccccc1)Cc1ccccc1)C(=O)Nc1ccc([N+](=O)[O-])cc1. The Morgan fingerprint density at radius 3 is 2.05 bits per heavy atom. The van der Waals surface area contributed by atoms with Crippen LogP contribution in [0.5, 0.6) is 0 Å². The first-order valence-electron chi connectivity index (χ1n) is 12.5. The maximum absolute atomic E-state index is 13.4. The van der Waals surface area contributed by atoms with Crippen LogP contribution in [0, 0.1) is 10.1 Å². The third-order valence-electron chi connectivity index (χ3n) is 6.36. The fourth-order valence-corrected chi connectivity index (χ4v) is 3.98. The molecule has 0 aliphatic rings. The van der Waals surface area contributed by atoms with Crippen LogP contribution in [0.25, 0.3) is 0 Å². The Labute approximate surface area is 218 Å². The molecular weight excluding hydrogens is 468 g/mol. The van der Waals surface area contributed by atoms with Crippen LogP contribution < -0.4 is 5.32 Å². The summed E-state index contributed by atoms with van der Waals surface area (Å²) in [7, 11) is 0. The van der Waals surface area contributed by atoms with Crippen molar-refractivity contribution in [2.24, 2.45) is 0 Å². The predicted molar refractivity (Wildman–Crippen MR) is 145 cm³/mol. The van der Waals surface area contributed by atoms with Gasteiger partial charge in [-0.05, 0) is 43.0 Å². The van der Waals surface area contributed by atoms with Crippen LogP contribution >= 0.6 is 0 Å². The minimum Gasteiger partial charge on any atom is -0.338 e. The fraction of sp³-hybridized carbons (Fsp3) is 0.310. The highest BCUT2D eigenvalue weighted by Crippen LogP contribution is 2.17. The van der Waals surface area contributed by atoms with Gasteiger partial charge in [-0.2, -0.15) is 0 Å². The van der Waals surface area contributed by atoms with E-state index < -0.39 is 4.92 Å². The van der Waals surface area contributed by atoms with Crippen molar-refractivity contribution in [3.63, 3.8) is 0 Å². The van der Waals surface area contributed by atoms with Crippen LogP contribution in [0.15, 0.2) is 84.9 Å². The molecular formula is C29H34N4O4. The van der Waals surface area contributed by atoms with Crippen LogP contribution in [0.3, 0.4) is 0 Å². The van der Waals surface area contributed by atoms with E-state index in [0.29, 0.717) is 18.8 Å². The van der Waals surface area contributed by atoms with E-state index in [1.54, 1.807) is 4.90 Å². The monoisotopic (exact) mass is 502 g/mol. The van der Waals surface area contributed by atoms with Gasteiger partial charge < -0.3 is 15.1 Å². The number of nitro benzene ring substituents is 1. The van der Waals surface area contributed by atoms with Crippen molar-refractivity contribution in [1.29, 1.82) is 0 Å². The highest BCUT2D eigenvalue weighted by atomic mass is 16.6. The number of hydrogen-bond donors (Lipinski definition) is 1. The third kappa shape index (κ3) is 8.45. The lowest BCUT2D eigenvalue weighted by Gasteiger charge is -2.30. The summed E-state index contributed by atoms with van der Waals surface area (Å²) in [6.45, 7) is 5.28. The van der Waals surface area contributed by atoms with E-state index in [0.717, 1.165) is 24.0 Å². The molecule has 0 fully saturated rings. The molecule has 0 saturated carbocycles. The van der Waals surface area contributed by atoms with E-state index in [1.165, 1.54) is 24.3 Å². The molecule has 3 amide bonds. The van der Waals surface area contributed by atoms with Crippen molar-refractivity contribution in [2.75, 3.05) is 18.4 Å². The number of carbonyl (C=O) groups is 2. The molecule has 8 nitrogen and oxygen atoms in total. The molecule has 37 heavy (non-hydrogen) atoms. The first kappa shape index (κ1) is 27.4. The topological polar surface area (TPSA) is 95.8 Å². The molecule has 3 rings (SSSR count). The summed E-state index contributed by atoms with van der Waals surface area (Å²) in [4.78, 5) is 40.4. The van der Waals surface area contributed by atoms with Gasteiger partial charge in [0.05, 0.1) is 4.92 Å². The number of benzene rings is 3. The molecule has 0 aliphatic heterocycles. The van der Waals surface area contributed by atoms with Gasteiger partial charge in [0.1, 0.15) is 0 Å². The normalized spacial score (nSPS) is 11.4. The quantitative estimate of drug-likeness (QED) is 0.247. The Morgan fingerprint density at radius 2 is 1.49 bits per heavy atom. The summed E-state index contributed by atoms with van der Waals surface area (Å²) >= 11 is 0. The van der Waals surface area contributed by atoms with E-state index in [9.17, 15) is 19.7 Å². The Bertz CT molecular complexity index is 1150. The second kappa shape index (κ2) is 13.8. The van der Waals surface area contributed by atoms with Crippen molar-refractivity contribution in [2.45, 2.75) is 45.7 Å². The van der Waals surface area contributed by atoms with Gasteiger partial charge in [-0.25, -0.2) is 4.79 Å². The lowest BCUT2D eigenvalue weighted by Crippen LogP contribution is -2.44. The number of urea groups is 1. The number of amides is 3. The van der Waals surface area contributed by atoms with E-state index in [4.69, 9.17) is 0 Å². The van der Waals surface area contributed by atoms with E-state index in [-0.39, 0.29) is 36.6 Å². The van der Waals surface area contributed by atoms with Crippen LogP contribution in [0.2, 0.25) is 0 Å². The van der Waals surface area contributed by atoms with Gasteiger partial charge in [-0.15, -0.1) is 0 Å². The molecule has 194 valence electrons. The predicted octanol–water partition coefficient (Wildman–Crippen LogP) is 5.89. The molecule has 0 aromatic heterocycles. The Hall–Kier alpha value is -4.20. The van der Waals surface area contributed by atoms with Gasteiger partial charge in [-0.3, -0.25) is 14.9 Å². The number of nitrogens with zero attached hydrogens (tertiary/aromatic N) is 3. The molecule has 1 atom stereocenters. The Morgan fingerprint density at radius 1 is 0.892 bits per heavy atom. The lowest BCUT2D eigenvalue weighted by atomic mass is 10.1. The maximum atomic E-state index is 13.4. The summed E-state index contributed by atoms with van der Waals surface area (Å²) < 4.78 is 0. The molecule has 8 heteroatoms. The Balaban J connectivity index is 1.66. The smallest absolute Gasteiger partial charge is 0.322 e. The second-order valence-corrected chi connectivity index (χ2v) is 8.97. The van der Waals surface area contributed by atoms with Crippen LogP contribution in [-0.4, -0.2) is 45.8 Å². The molecule has 1 unspecified atom stereocenters. The van der Waals surface area contributed by atoms with Gasteiger partial charge in [-0.1, -0.05) is 67.6 Å². The molecule has 0 bridgehead atoms. The number of anilines is 1. The Kier molecular flexibility index (Phi) is 10.2. The number of non-ortho nitro benzene ring substituents is 1. The summed E-state index contributed by atoms with van der Waals surface area (Å²) in [5.41, 5.74) is 2.64. The van der Waals surface area contributed by atoms with E-state index in [1.807, 2.05) is 67.3 Å². The second-order valence-electron chi connectivity index (χ2n) is 8.97. The molecule has 1 N–H and O–H groups in total. The third-order valence-corrected chi connectivity index (χ3v) is 6.36. The van der Waals surface area contributed by atoms with Crippen LogP contribution in [-0.2, 0) is 17.8 Å². The highest BCUT2D eigenvalue weighted by Gasteiger charge is 2.22. The average molecular weight is 503 g/mol. The number of nitrogens with one attached hydrogen (secondary N) is 1. The van der Waals surface area contributed by atoms with Crippen LogP contribution in [0.4, 0.5) is 16.2 Å².